The minimum Gasteiger partial charge on any atom is -0.396 e. The number of hydrogen-bond acceptors (Lipinski definition) is 3. The monoisotopic (exact) mass is 233 g/mol. The second-order valence-electron chi connectivity index (χ2n) is 3.59. The van der Waals surface area contributed by atoms with Crippen LogP contribution in [0.2, 0.25) is 5.02 Å². The maximum absolute atomic E-state index is 5.88. The van der Waals surface area contributed by atoms with Crippen molar-refractivity contribution in [3.63, 3.8) is 0 Å². The summed E-state index contributed by atoms with van der Waals surface area (Å²) in [4.78, 5) is 4.22. The Balaban J connectivity index is 2.27. The number of benzene rings is 1. The molecule has 2 aromatic rings. The van der Waals surface area contributed by atoms with Crippen LogP contribution in [0.5, 0.6) is 0 Å². The fourth-order valence-corrected chi connectivity index (χ4v) is 1.59. The number of hydrogen-bond donors (Lipinski definition) is 2. The van der Waals surface area contributed by atoms with Gasteiger partial charge >= 0.3 is 0 Å². The van der Waals surface area contributed by atoms with Gasteiger partial charge in [-0.25, -0.2) is 4.98 Å². The van der Waals surface area contributed by atoms with Crippen molar-refractivity contribution in [2.75, 3.05) is 11.1 Å². The van der Waals surface area contributed by atoms with Crippen LogP contribution in [-0.4, -0.2) is 4.98 Å². The van der Waals surface area contributed by atoms with E-state index in [2.05, 4.69) is 10.3 Å². The van der Waals surface area contributed by atoms with Crippen LogP contribution < -0.4 is 11.1 Å². The molecule has 2 rings (SSSR count). The van der Waals surface area contributed by atoms with Crippen LogP contribution in [0, 0.1) is 6.92 Å². The molecular formula is C12H12ClN3. The van der Waals surface area contributed by atoms with E-state index in [1.165, 1.54) is 0 Å². The quantitative estimate of drug-likeness (QED) is 0.836. The minimum absolute atomic E-state index is 0.625. The van der Waals surface area contributed by atoms with Crippen molar-refractivity contribution in [3.8, 4) is 0 Å². The van der Waals surface area contributed by atoms with E-state index in [-0.39, 0.29) is 0 Å². The topological polar surface area (TPSA) is 50.9 Å². The molecule has 1 heterocycles. The van der Waals surface area contributed by atoms with Gasteiger partial charge in [0.05, 0.1) is 5.69 Å². The summed E-state index contributed by atoms with van der Waals surface area (Å²) in [6.45, 7) is 1.95. The summed E-state index contributed by atoms with van der Waals surface area (Å²) < 4.78 is 0. The zero-order valence-electron chi connectivity index (χ0n) is 8.87. The molecule has 4 heteroatoms. The first-order chi connectivity index (χ1) is 7.65. The molecule has 3 nitrogen and oxygen atoms in total. The molecular weight excluding hydrogens is 222 g/mol. The SMILES string of the molecule is Cc1cnc(Nc2cccc(Cl)c2)c(N)c1. The summed E-state index contributed by atoms with van der Waals surface area (Å²) in [5.41, 5.74) is 8.38. The van der Waals surface area contributed by atoms with E-state index in [0.717, 1.165) is 11.3 Å². The molecule has 0 aliphatic heterocycles. The Kier molecular flexibility index (Phi) is 2.97. The van der Waals surface area contributed by atoms with Crippen molar-refractivity contribution in [1.29, 1.82) is 0 Å². The van der Waals surface area contributed by atoms with Gasteiger partial charge in [-0.3, -0.25) is 0 Å². The van der Waals surface area contributed by atoms with Crippen molar-refractivity contribution < 1.29 is 0 Å². The zero-order chi connectivity index (χ0) is 11.5. The smallest absolute Gasteiger partial charge is 0.153 e. The van der Waals surface area contributed by atoms with Gasteiger partial charge in [-0.1, -0.05) is 17.7 Å². The van der Waals surface area contributed by atoms with E-state index in [4.69, 9.17) is 17.3 Å². The van der Waals surface area contributed by atoms with Gasteiger partial charge in [0.1, 0.15) is 0 Å². The van der Waals surface area contributed by atoms with Crippen molar-refractivity contribution in [2.24, 2.45) is 0 Å². The van der Waals surface area contributed by atoms with E-state index in [9.17, 15) is 0 Å². The predicted octanol–water partition coefficient (Wildman–Crippen LogP) is 3.37. The highest BCUT2D eigenvalue weighted by Crippen LogP contribution is 2.23. The van der Waals surface area contributed by atoms with E-state index < -0.39 is 0 Å². The summed E-state index contributed by atoms with van der Waals surface area (Å²) in [7, 11) is 0. The molecule has 0 radical (unpaired) electrons. The Bertz CT molecular complexity index is 511. The molecule has 0 aliphatic carbocycles. The first kappa shape index (κ1) is 10.8. The van der Waals surface area contributed by atoms with Gasteiger partial charge in [-0.15, -0.1) is 0 Å². The molecule has 0 atom stereocenters. The van der Waals surface area contributed by atoms with Gasteiger partial charge in [-0.2, -0.15) is 0 Å². The number of aryl methyl sites for hydroxylation is 1. The van der Waals surface area contributed by atoms with Gasteiger partial charge in [0.2, 0.25) is 0 Å². The number of nitrogen functional groups attached to an aromatic ring is 1. The lowest BCUT2D eigenvalue weighted by atomic mass is 10.2. The third kappa shape index (κ3) is 2.44. The first-order valence-electron chi connectivity index (χ1n) is 4.90. The summed E-state index contributed by atoms with van der Waals surface area (Å²) in [5.74, 6) is 0.646. The van der Waals surface area contributed by atoms with Crippen LogP contribution in [-0.2, 0) is 0 Å². The molecule has 16 heavy (non-hydrogen) atoms. The Hall–Kier alpha value is -1.74. The molecule has 0 saturated carbocycles. The number of nitrogens with one attached hydrogen (secondary N) is 1. The van der Waals surface area contributed by atoms with E-state index >= 15 is 0 Å². The number of nitrogens with two attached hydrogens (primary N) is 1. The second-order valence-corrected chi connectivity index (χ2v) is 4.02. The molecule has 3 N–H and O–H groups in total. The van der Waals surface area contributed by atoms with Gasteiger partial charge < -0.3 is 11.1 Å². The van der Waals surface area contributed by atoms with Crippen LogP contribution in [0.4, 0.5) is 17.2 Å². The van der Waals surface area contributed by atoms with Gasteiger partial charge in [-0.05, 0) is 36.8 Å². The molecule has 1 aromatic carbocycles. The third-order valence-electron chi connectivity index (χ3n) is 2.14. The standard InChI is InChI=1S/C12H12ClN3/c1-8-5-11(14)12(15-7-8)16-10-4-2-3-9(13)6-10/h2-7H,14H2,1H3,(H,15,16). The predicted molar refractivity (Wildman–Crippen MR) is 68.1 cm³/mol. The van der Waals surface area contributed by atoms with E-state index in [1.54, 1.807) is 6.20 Å². The van der Waals surface area contributed by atoms with Crippen molar-refractivity contribution in [1.82, 2.24) is 4.98 Å². The molecule has 0 amide bonds. The number of anilines is 3. The highest BCUT2D eigenvalue weighted by Gasteiger charge is 2.01. The average molecular weight is 234 g/mol. The highest BCUT2D eigenvalue weighted by atomic mass is 35.5. The van der Waals surface area contributed by atoms with Crippen molar-refractivity contribution in [2.45, 2.75) is 6.92 Å². The lowest BCUT2D eigenvalue weighted by Gasteiger charge is -2.08. The lowest BCUT2D eigenvalue weighted by molar-refractivity contribution is 1.26. The van der Waals surface area contributed by atoms with Gasteiger partial charge in [0.25, 0.3) is 0 Å². The second kappa shape index (κ2) is 4.41. The Labute approximate surface area is 99.3 Å². The van der Waals surface area contributed by atoms with Crippen molar-refractivity contribution in [3.05, 3.63) is 47.1 Å². The number of aromatic nitrogens is 1. The fraction of sp³-hybridized carbons (Fsp3) is 0.0833. The van der Waals surface area contributed by atoms with E-state index in [0.29, 0.717) is 16.5 Å². The van der Waals surface area contributed by atoms with Crippen LogP contribution >= 0.6 is 11.6 Å². The summed E-state index contributed by atoms with van der Waals surface area (Å²) in [6, 6.07) is 9.29. The molecule has 1 aromatic heterocycles. The van der Waals surface area contributed by atoms with Crippen LogP contribution in [0.25, 0.3) is 0 Å². The molecule has 0 unspecified atom stereocenters. The minimum atomic E-state index is 0.625. The average Bonchev–Trinajstić information content (AvgIpc) is 2.22. The van der Waals surface area contributed by atoms with Gasteiger partial charge in [0.15, 0.2) is 5.82 Å². The molecule has 82 valence electrons. The number of nitrogens with zero attached hydrogens (tertiary/aromatic N) is 1. The Morgan fingerprint density at radius 2 is 2.12 bits per heavy atom. The maximum Gasteiger partial charge on any atom is 0.153 e. The largest absolute Gasteiger partial charge is 0.396 e. The van der Waals surface area contributed by atoms with Crippen LogP contribution in [0.15, 0.2) is 36.5 Å². The number of halogens is 1. The molecule has 0 bridgehead atoms. The maximum atomic E-state index is 5.88. The summed E-state index contributed by atoms with van der Waals surface area (Å²) in [6.07, 6.45) is 1.77. The Morgan fingerprint density at radius 1 is 1.31 bits per heavy atom. The first-order valence-corrected chi connectivity index (χ1v) is 5.27. The highest BCUT2D eigenvalue weighted by molar-refractivity contribution is 6.30. The van der Waals surface area contributed by atoms with Crippen LogP contribution in [0.3, 0.4) is 0 Å². The lowest BCUT2D eigenvalue weighted by Crippen LogP contribution is -1.99. The Morgan fingerprint density at radius 3 is 2.81 bits per heavy atom. The number of pyridine rings is 1. The third-order valence-corrected chi connectivity index (χ3v) is 2.38. The number of rotatable bonds is 2. The molecule has 0 fully saturated rings. The van der Waals surface area contributed by atoms with Crippen molar-refractivity contribution >= 4 is 28.8 Å². The summed E-state index contributed by atoms with van der Waals surface area (Å²) in [5, 5.41) is 3.80. The van der Waals surface area contributed by atoms with E-state index in [1.807, 2.05) is 37.3 Å². The summed E-state index contributed by atoms with van der Waals surface area (Å²) >= 11 is 5.88. The molecule has 0 spiro atoms. The molecule has 0 aliphatic rings. The van der Waals surface area contributed by atoms with Crippen LogP contribution in [0.1, 0.15) is 5.56 Å². The normalized spacial score (nSPS) is 10.1. The van der Waals surface area contributed by atoms with Gasteiger partial charge in [0, 0.05) is 16.9 Å². The fourth-order valence-electron chi connectivity index (χ4n) is 1.40. The zero-order valence-corrected chi connectivity index (χ0v) is 9.62. The molecule has 0 saturated heterocycles.